The summed E-state index contributed by atoms with van der Waals surface area (Å²) in [4.78, 5) is 14.5. The number of benzene rings is 1. The Bertz CT molecular complexity index is 587. The summed E-state index contributed by atoms with van der Waals surface area (Å²) >= 11 is 1.57. The van der Waals surface area contributed by atoms with Crippen LogP contribution in [-0.4, -0.2) is 37.0 Å². The highest BCUT2D eigenvalue weighted by atomic mass is 32.2. The molecule has 0 aliphatic carbocycles. The van der Waals surface area contributed by atoms with Gasteiger partial charge in [0.1, 0.15) is 0 Å². The number of thioether (sulfide) groups is 1. The quantitative estimate of drug-likeness (QED) is 0.745. The summed E-state index contributed by atoms with van der Waals surface area (Å²) in [7, 11) is 1.46. The van der Waals surface area contributed by atoms with Crippen LogP contribution in [0.3, 0.4) is 0 Å². The zero-order valence-corrected chi connectivity index (χ0v) is 13.9. The highest BCUT2D eigenvalue weighted by molar-refractivity contribution is 8.00. The number of hydrogen-bond donors (Lipinski definition) is 0. The van der Waals surface area contributed by atoms with Gasteiger partial charge < -0.3 is 14.2 Å². The number of amides is 1. The highest BCUT2D eigenvalue weighted by Crippen LogP contribution is 2.38. The lowest BCUT2D eigenvalue weighted by molar-refractivity contribution is -0.116. The number of nitrogens with zero attached hydrogens (tertiary/aromatic N) is 1. The van der Waals surface area contributed by atoms with Gasteiger partial charge >= 0.3 is 7.12 Å². The summed E-state index contributed by atoms with van der Waals surface area (Å²) in [5.41, 5.74) is 1.28. The van der Waals surface area contributed by atoms with Gasteiger partial charge in [-0.25, -0.2) is 0 Å². The molecule has 0 saturated carbocycles. The van der Waals surface area contributed by atoms with E-state index in [-0.39, 0.29) is 24.2 Å². The van der Waals surface area contributed by atoms with E-state index in [0.29, 0.717) is 5.75 Å². The molecular weight excluding hydrogens is 285 g/mol. The van der Waals surface area contributed by atoms with Crippen molar-refractivity contribution < 1.29 is 14.1 Å². The van der Waals surface area contributed by atoms with Gasteiger partial charge in [0.25, 0.3) is 0 Å². The monoisotopic (exact) mass is 305 g/mol. The molecule has 21 heavy (non-hydrogen) atoms. The van der Waals surface area contributed by atoms with Crippen LogP contribution >= 0.6 is 11.8 Å². The van der Waals surface area contributed by atoms with E-state index in [4.69, 9.17) is 9.31 Å². The third-order valence-corrected chi connectivity index (χ3v) is 5.63. The molecule has 6 heteroatoms. The highest BCUT2D eigenvalue weighted by Gasteiger charge is 2.51. The Morgan fingerprint density at radius 3 is 2.43 bits per heavy atom. The van der Waals surface area contributed by atoms with Crippen molar-refractivity contribution in [3.8, 4) is 0 Å². The zero-order valence-electron chi connectivity index (χ0n) is 13.1. The summed E-state index contributed by atoms with van der Waals surface area (Å²) in [6.07, 6.45) is 0. The Morgan fingerprint density at radius 1 is 1.19 bits per heavy atom. The second-order valence-electron chi connectivity index (χ2n) is 6.56. The molecule has 2 aliphatic heterocycles. The number of hydrogen-bond acceptors (Lipinski definition) is 4. The van der Waals surface area contributed by atoms with E-state index in [1.54, 1.807) is 16.7 Å². The lowest BCUT2D eigenvalue weighted by atomic mass is 9.79. The van der Waals surface area contributed by atoms with E-state index in [1.807, 2.05) is 46.9 Å². The number of fused-ring (bicyclic) bond motifs is 1. The van der Waals surface area contributed by atoms with Crippen LogP contribution in [0.25, 0.3) is 0 Å². The van der Waals surface area contributed by atoms with Crippen molar-refractivity contribution in [2.24, 2.45) is 0 Å². The first-order chi connectivity index (χ1) is 9.71. The Kier molecular flexibility index (Phi) is 3.39. The molecule has 0 unspecified atom stereocenters. The molecule has 0 N–H and O–H groups in total. The van der Waals surface area contributed by atoms with E-state index in [9.17, 15) is 4.79 Å². The van der Waals surface area contributed by atoms with Gasteiger partial charge in [-0.2, -0.15) is 0 Å². The molecule has 1 aromatic carbocycles. The summed E-state index contributed by atoms with van der Waals surface area (Å²) < 4.78 is 12.2. The molecule has 0 radical (unpaired) electrons. The maximum Gasteiger partial charge on any atom is 0.494 e. The Hall–Kier alpha value is -0.975. The molecule has 1 saturated heterocycles. The van der Waals surface area contributed by atoms with Gasteiger partial charge in [0.05, 0.1) is 22.6 Å². The van der Waals surface area contributed by atoms with Crippen molar-refractivity contribution in [1.82, 2.24) is 0 Å². The van der Waals surface area contributed by atoms with Crippen molar-refractivity contribution in [2.45, 2.75) is 43.8 Å². The molecule has 0 spiro atoms. The summed E-state index contributed by atoms with van der Waals surface area (Å²) in [5.74, 6) is 0.618. The zero-order chi connectivity index (χ0) is 15.4. The largest absolute Gasteiger partial charge is 0.494 e. The number of rotatable bonds is 1. The lowest BCUT2D eigenvalue weighted by Crippen LogP contribution is -2.41. The smallest absolute Gasteiger partial charge is 0.399 e. The second kappa shape index (κ2) is 4.76. The second-order valence-corrected chi connectivity index (χ2v) is 7.57. The van der Waals surface area contributed by atoms with Crippen LogP contribution in [0.2, 0.25) is 0 Å². The molecule has 2 heterocycles. The molecule has 112 valence electrons. The van der Waals surface area contributed by atoms with E-state index in [1.165, 1.54) is 0 Å². The molecule has 1 amide bonds. The molecule has 0 atom stereocenters. The first-order valence-corrected chi connectivity index (χ1v) is 8.09. The van der Waals surface area contributed by atoms with Crippen molar-refractivity contribution in [3.05, 3.63) is 18.2 Å². The average Bonchev–Trinajstić information content (AvgIpc) is 2.63. The van der Waals surface area contributed by atoms with Crippen LogP contribution in [-0.2, 0) is 14.1 Å². The minimum absolute atomic E-state index is 0.135. The van der Waals surface area contributed by atoms with Crippen LogP contribution in [0.4, 0.5) is 5.69 Å². The van der Waals surface area contributed by atoms with Gasteiger partial charge in [0.2, 0.25) is 5.91 Å². The first kappa shape index (κ1) is 14.9. The molecule has 1 aromatic rings. The minimum Gasteiger partial charge on any atom is -0.399 e. The van der Waals surface area contributed by atoms with Crippen molar-refractivity contribution in [1.29, 1.82) is 0 Å². The maximum absolute atomic E-state index is 11.7. The fourth-order valence-electron chi connectivity index (χ4n) is 2.42. The van der Waals surface area contributed by atoms with Gasteiger partial charge in [0.15, 0.2) is 0 Å². The maximum atomic E-state index is 11.7. The SMILES string of the molecule is CN1C(=O)CSc2cc(B3OC(C)(C)C(C)(C)O3)ccc21. The molecule has 1 fully saturated rings. The van der Waals surface area contributed by atoms with Gasteiger partial charge in [-0.15, -0.1) is 11.8 Å². The minimum atomic E-state index is -0.358. The molecule has 3 rings (SSSR count). The fraction of sp³-hybridized carbons (Fsp3) is 0.533. The number of anilines is 1. The van der Waals surface area contributed by atoms with Gasteiger partial charge in [-0.1, -0.05) is 6.07 Å². The van der Waals surface area contributed by atoms with E-state index in [2.05, 4.69) is 6.07 Å². The van der Waals surface area contributed by atoms with Crippen LogP contribution in [0.15, 0.2) is 23.1 Å². The molecule has 0 aromatic heterocycles. The predicted molar refractivity (Wildman–Crippen MR) is 86.3 cm³/mol. The van der Waals surface area contributed by atoms with E-state index in [0.717, 1.165) is 16.0 Å². The van der Waals surface area contributed by atoms with Crippen LogP contribution < -0.4 is 10.4 Å². The predicted octanol–water partition coefficient (Wildman–Crippen LogP) is 2.05. The van der Waals surface area contributed by atoms with Gasteiger partial charge in [0, 0.05) is 11.9 Å². The molecule has 2 aliphatic rings. The van der Waals surface area contributed by atoms with Crippen LogP contribution in [0, 0.1) is 0 Å². The standard InChI is InChI=1S/C15H20BNO3S/c1-14(2)15(3,4)20-16(19-14)10-6-7-11-12(8-10)21-9-13(18)17(11)5/h6-8H,9H2,1-5H3. The summed E-state index contributed by atoms with van der Waals surface area (Å²) in [6, 6.07) is 6.03. The number of carbonyl (C=O) groups is 1. The summed E-state index contributed by atoms with van der Waals surface area (Å²) in [6.45, 7) is 8.19. The van der Waals surface area contributed by atoms with Crippen LogP contribution in [0.1, 0.15) is 27.7 Å². The fourth-order valence-corrected chi connectivity index (χ4v) is 3.46. The first-order valence-electron chi connectivity index (χ1n) is 7.10. The van der Waals surface area contributed by atoms with Gasteiger partial charge in [-0.3, -0.25) is 4.79 Å². The third-order valence-electron chi connectivity index (χ3n) is 4.60. The van der Waals surface area contributed by atoms with E-state index >= 15 is 0 Å². The Balaban J connectivity index is 1.91. The van der Waals surface area contributed by atoms with Gasteiger partial charge in [-0.05, 0) is 45.3 Å². The van der Waals surface area contributed by atoms with Crippen molar-refractivity contribution in [3.63, 3.8) is 0 Å². The number of carbonyl (C=O) groups excluding carboxylic acids is 1. The molecular formula is C15H20BNO3S. The molecule has 4 nitrogen and oxygen atoms in total. The summed E-state index contributed by atoms with van der Waals surface area (Å²) in [5, 5.41) is 0. The van der Waals surface area contributed by atoms with E-state index < -0.39 is 0 Å². The Morgan fingerprint density at radius 2 is 1.81 bits per heavy atom. The Labute approximate surface area is 130 Å². The lowest BCUT2D eigenvalue weighted by Gasteiger charge is -2.32. The normalized spacial score (nSPS) is 23.4. The topological polar surface area (TPSA) is 38.8 Å². The average molecular weight is 305 g/mol. The van der Waals surface area contributed by atoms with Crippen molar-refractivity contribution >= 4 is 35.9 Å². The van der Waals surface area contributed by atoms with Crippen LogP contribution in [0.5, 0.6) is 0 Å². The third kappa shape index (κ3) is 2.39. The molecule has 0 bridgehead atoms. The van der Waals surface area contributed by atoms with Crippen molar-refractivity contribution in [2.75, 3.05) is 17.7 Å².